The molecule has 0 aromatic heterocycles. The van der Waals surface area contributed by atoms with Crippen molar-refractivity contribution >= 4 is 11.9 Å². The van der Waals surface area contributed by atoms with E-state index in [1.807, 2.05) is 25.1 Å². The van der Waals surface area contributed by atoms with Crippen LogP contribution in [0.1, 0.15) is 71.3 Å². The van der Waals surface area contributed by atoms with E-state index in [0.29, 0.717) is 25.2 Å². The lowest BCUT2D eigenvalue weighted by molar-refractivity contribution is -0.165. The maximum Gasteiger partial charge on any atom is 0.328 e. The van der Waals surface area contributed by atoms with Crippen LogP contribution >= 0.6 is 0 Å². The second-order valence-electron chi connectivity index (χ2n) is 6.31. The number of unbranched alkanes of at least 4 members (excludes halogenated alkanes) is 4. The fourth-order valence-electron chi connectivity index (χ4n) is 2.81. The molecule has 4 nitrogen and oxygen atoms in total. The first-order valence-corrected chi connectivity index (χ1v) is 9.53. The van der Waals surface area contributed by atoms with E-state index in [-0.39, 0.29) is 0 Å². The molecule has 0 N–H and O–H groups in total. The maximum absolute atomic E-state index is 12.9. The van der Waals surface area contributed by atoms with Crippen molar-refractivity contribution in [2.24, 2.45) is 0 Å². The molecule has 0 saturated heterocycles. The van der Waals surface area contributed by atoms with Gasteiger partial charge in [0.15, 0.2) is 5.41 Å². The Morgan fingerprint density at radius 2 is 1.28 bits per heavy atom. The Balaban J connectivity index is 2.95. The van der Waals surface area contributed by atoms with Crippen molar-refractivity contribution in [1.29, 1.82) is 0 Å². The molecule has 0 aliphatic carbocycles. The molecule has 1 rings (SSSR count). The van der Waals surface area contributed by atoms with Crippen LogP contribution in [0.3, 0.4) is 0 Å². The molecule has 0 saturated carbocycles. The van der Waals surface area contributed by atoms with Crippen LogP contribution in [0.4, 0.5) is 0 Å². The lowest BCUT2D eigenvalue weighted by Gasteiger charge is -2.28. The minimum Gasteiger partial charge on any atom is -0.465 e. The Morgan fingerprint density at radius 3 is 1.68 bits per heavy atom. The van der Waals surface area contributed by atoms with Crippen molar-refractivity contribution < 1.29 is 19.1 Å². The van der Waals surface area contributed by atoms with Crippen LogP contribution in [0, 0.1) is 0 Å². The Hall–Kier alpha value is -1.84. The summed E-state index contributed by atoms with van der Waals surface area (Å²) < 4.78 is 10.9. The Morgan fingerprint density at radius 1 is 0.800 bits per heavy atom. The first-order valence-electron chi connectivity index (χ1n) is 9.53. The van der Waals surface area contributed by atoms with Gasteiger partial charge in [0.05, 0.1) is 13.2 Å². The highest BCUT2D eigenvalue weighted by atomic mass is 16.6. The average Bonchev–Trinajstić information content (AvgIpc) is 2.64. The summed E-state index contributed by atoms with van der Waals surface area (Å²) in [5.41, 5.74) is -0.738. The topological polar surface area (TPSA) is 52.6 Å². The van der Waals surface area contributed by atoms with Gasteiger partial charge >= 0.3 is 11.9 Å². The molecule has 140 valence electrons. The zero-order valence-corrected chi connectivity index (χ0v) is 15.9. The van der Waals surface area contributed by atoms with Gasteiger partial charge in [-0.3, -0.25) is 9.59 Å². The first kappa shape index (κ1) is 21.2. The van der Waals surface area contributed by atoms with Crippen molar-refractivity contribution in [1.82, 2.24) is 0 Å². The Bertz CT molecular complexity index is 486. The first-order chi connectivity index (χ1) is 12.1. The van der Waals surface area contributed by atoms with Crippen molar-refractivity contribution in [3.05, 3.63) is 35.9 Å². The van der Waals surface area contributed by atoms with Crippen LogP contribution in [-0.2, 0) is 24.5 Å². The predicted octanol–water partition coefficient (Wildman–Crippen LogP) is 4.80. The zero-order valence-electron chi connectivity index (χ0n) is 15.9. The number of hydrogen-bond donors (Lipinski definition) is 0. The third-order valence-corrected chi connectivity index (χ3v) is 4.46. The molecule has 0 spiro atoms. The second-order valence-corrected chi connectivity index (χ2v) is 6.31. The van der Waals surface area contributed by atoms with Gasteiger partial charge in [-0.15, -0.1) is 0 Å². The molecule has 0 unspecified atom stereocenters. The summed E-state index contributed by atoms with van der Waals surface area (Å²) in [4.78, 5) is 25.7. The average molecular weight is 348 g/mol. The number of carbonyl (C=O) groups is 2. The van der Waals surface area contributed by atoms with E-state index in [0.717, 1.165) is 38.5 Å². The third-order valence-electron chi connectivity index (χ3n) is 4.46. The molecule has 0 aliphatic rings. The molecular formula is C21H32O4. The molecule has 1 aromatic carbocycles. The van der Waals surface area contributed by atoms with E-state index in [4.69, 9.17) is 9.47 Å². The summed E-state index contributed by atoms with van der Waals surface area (Å²) in [6.07, 6.45) is 6.03. The van der Waals surface area contributed by atoms with Crippen LogP contribution in [0.25, 0.3) is 0 Å². The SMILES string of the molecule is CCCCCOC(=O)C(CC)(C(=O)OCCCCC)c1ccccc1. The van der Waals surface area contributed by atoms with Gasteiger partial charge in [-0.25, -0.2) is 0 Å². The molecule has 25 heavy (non-hydrogen) atoms. The van der Waals surface area contributed by atoms with Crippen molar-refractivity contribution in [3.63, 3.8) is 0 Å². The van der Waals surface area contributed by atoms with Crippen molar-refractivity contribution in [3.8, 4) is 0 Å². The second kappa shape index (κ2) is 11.7. The van der Waals surface area contributed by atoms with E-state index in [2.05, 4.69) is 13.8 Å². The summed E-state index contributed by atoms with van der Waals surface area (Å²) in [6.45, 7) is 6.69. The van der Waals surface area contributed by atoms with E-state index in [1.165, 1.54) is 0 Å². The molecule has 1 aromatic rings. The summed E-state index contributed by atoms with van der Waals surface area (Å²) in [6, 6.07) is 9.11. The standard InChI is InChI=1S/C21H32O4/c1-4-7-12-16-24-19(22)21(6-3,18-14-10-9-11-15-18)20(23)25-17-13-8-5-2/h9-11,14-15H,4-8,12-13,16-17H2,1-3H3. The van der Waals surface area contributed by atoms with Gasteiger partial charge in [-0.2, -0.15) is 0 Å². The molecule has 0 heterocycles. The van der Waals surface area contributed by atoms with E-state index in [9.17, 15) is 9.59 Å². The molecule has 0 radical (unpaired) electrons. The lowest BCUT2D eigenvalue weighted by atomic mass is 9.78. The van der Waals surface area contributed by atoms with Gasteiger partial charge in [-0.1, -0.05) is 76.8 Å². The van der Waals surface area contributed by atoms with Crippen molar-refractivity contribution in [2.45, 2.75) is 71.1 Å². The van der Waals surface area contributed by atoms with Crippen LogP contribution < -0.4 is 0 Å². The Kier molecular flexibility index (Phi) is 9.90. The Labute approximate surface area is 151 Å². The van der Waals surface area contributed by atoms with E-state index < -0.39 is 17.4 Å². The number of esters is 2. The highest BCUT2D eigenvalue weighted by Crippen LogP contribution is 2.31. The van der Waals surface area contributed by atoms with Gasteiger partial charge in [0.2, 0.25) is 0 Å². The van der Waals surface area contributed by atoms with E-state index >= 15 is 0 Å². The van der Waals surface area contributed by atoms with Crippen LogP contribution in [-0.4, -0.2) is 25.2 Å². The van der Waals surface area contributed by atoms with Gasteiger partial charge in [0.1, 0.15) is 0 Å². The summed E-state index contributed by atoms with van der Waals surface area (Å²) in [7, 11) is 0. The fourth-order valence-corrected chi connectivity index (χ4v) is 2.81. The highest BCUT2D eigenvalue weighted by Gasteiger charge is 2.49. The van der Waals surface area contributed by atoms with Crippen LogP contribution in [0.2, 0.25) is 0 Å². The number of carbonyl (C=O) groups excluding carboxylic acids is 2. The molecule has 0 fully saturated rings. The number of rotatable bonds is 12. The maximum atomic E-state index is 12.9. The molecule has 0 aliphatic heterocycles. The third kappa shape index (κ3) is 5.87. The van der Waals surface area contributed by atoms with Gasteiger partial charge in [0.25, 0.3) is 0 Å². The van der Waals surface area contributed by atoms with Crippen LogP contribution in [0.5, 0.6) is 0 Å². The summed E-state index contributed by atoms with van der Waals surface area (Å²) >= 11 is 0. The molecule has 4 heteroatoms. The zero-order chi connectivity index (χ0) is 18.5. The minimum atomic E-state index is -1.38. The molecule has 0 atom stereocenters. The number of hydrogen-bond acceptors (Lipinski definition) is 4. The lowest BCUT2D eigenvalue weighted by Crippen LogP contribution is -2.46. The summed E-state index contributed by atoms with van der Waals surface area (Å²) in [5.74, 6) is -1.00. The van der Waals surface area contributed by atoms with Crippen molar-refractivity contribution in [2.75, 3.05) is 13.2 Å². The largest absolute Gasteiger partial charge is 0.465 e. The highest BCUT2D eigenvalue weighted by molar-refractivity contribution is 6.06. The molecular weight excluding hydrogens is 316 g/mol. The quantitative estimate of drug-likeness (QED) is 0.309. The number of benzene rings is 1. The van der Waals surface area contributed by atoms with E-state index in [1.54, 1.807) is 12.1 Å². The van der Waals surface area contributed by atoms with Gasteiger partial charge in [-0.05, 0) is 24.8 Å². The number of ether oxygens (including phenoxy) is 2. The minimum absolute atomic E-state index is 0.316. The normalized spacial score (nSPS) is 11.2. The predicted molar refractivity (Wildman–Crippen MR) is 99.4 cm³/mol. The monoisotopic (exact) mass is 348 g/mol. The smallest absolute Gasteiger partial charge is 0.328 e. The van der Waals surface area contributed by atoms with Gasteiger partial charge in [0, 0.05) is 0 Å². The van der Waals surface area contributed by atoms with Gasteiger partial charge < -0.3 is 9.47 Å². The fraction of sp³-hybridized carbons (Fsp3) is 0.619. The molecule has 0 bridgehead atoms. The summed E-state index contributed by atoms with van der Waals surface area (Å²) in [5, 5.41) is 0. The van der Waals surface area contributed by atoms with Crippen LogP contribution in [0.15, 0.2) is 30.3 Å². The molecule has 0 amide bonds.